The van der Waals surface area contributed by atoms with Crippen molar-refractivity contribution in [1.29, 1.82) is 0 Å². The molecule has 16 heavy (non-hydrogen) atoms. The fraction of sp³-hybridized carbons (Fsp3) is 0.500. The lowest BCUT2D eigenvalue weighted by Gasteiger charge is -2.19. The minimum atomic E-state index is -3.36. The van der Waals surface area contributed by atoms with Crippen molar-refractivity contribution in [3.63, 3.8) is 0 Å². The zero-order chi connectivity index (χ0) is 12.4. The van der Waals surface area contributed by atoms with Crippen LogP contribution in [0.25, 0.3) is 0 Å². The van der Waals surface area contributed by atoms with E-state index in [1.54, 1.807) is 0 Å². The van der Waals surface area contributed by atoms with Gasteiger partial charge >= 0.3 is 0 Å². The van der Waals surface area contributed by atoms with E-state index in [2.05, 4.69) is 20.8 Å². The van der Waals surface area contributed by atoms with Crippen LogP contribution in [0.4, 0.5) is 0 Å². The van der Waals surface area contributed by atoms with E-state index >= 15 is 0 Å². The molecule has 0 saturated heterocycles. The Bertz CT molecular complexity index is 438. The van der Waals surface area contributed by atoms with E-state index in [1.165, 1.54) is 5.56 Å². The molecule has 1 rings (SSSR count). The Morgan fingerprint density at radius 3 is 2.00 bits per heavy atom. The number of benzene rings is 1. The van der Waals surface area contributed by atoms with Crippen molar-refractivity contribution in [1.82, 2.24) is 0 Å². The molecule has 0 aliphatic heterocycles. The van der Waals surface area contributed by atoms with Gasteiger partial charge in [0.2, 0.25) is 0 Å². The van der Waals surface area contributed by atoms with Crippen LogP contribution in [-0.4, -0.2) is 14.7 Å². The van der Waals surface area contributed by atoms with Crippen LogP contribution in [0.2, 0.25) is 0 Å². The minimum Gasteiger partial charge on any atom is -0.265 e. The lowest BCUT2D eigenvalue weighted by Crippen LogP contribution is -2.11. The highest BCUT2D eigenvalue weighted by molar-refractivity contribution is 7.85. The molecule has 1 aromatic rings. The van der Waals surface area contributed by atoms with Gasteiger partial charge in [-0.05, 0) is 16.5 Å². The molecule has 0 radical (unpaired) electrons. The average Bonchev–Trinajstić information content (AvgIpc) is 2.13. The van der Waals surface area contributed by atoms with Crippen LogP contribution >= 0.6 is 0 Å². The SMILES string of the molecule is CC(C)(C)c1ccc(COS(C)(=O)=O)cc1. The normalized spacial score (nSPS) is 12.8. The summed E-state index contributed by atoms with van der Waals surface area (Å²) in [5, 5.41) is 0. The summed E-state index contributed by atoms with van der Waals surface area (Å²) < 4.78 is 26.3. The van der Waals surface area contributed by atoms with Gasteiger partial charge in [-0.25, -0.2) is 0 Å². The van der Waals surface area contributed by atoms with E-state index < -0.39 is 10.1 Å². The summed E-state index contributed by atoms with van der Waals surface area (Å²) in [6, 6.07) is 7.79. The molecule has 0 N–H and O–H groups in total. The lowest BCUT2D eigenvalue weighted by molar-refractivity contribution is 0.311. The second-order valence-corrected chi connectivity index (χ2v) is 6.56. The van der Waals surface area contributed by atoms with E-state index in [-0.39, 0.29) is 12.0 Å². The minimum absolute atomic E-state index is 0.100. The molecule has 3 nitrogen and oxygen atoms in total. The smallest absolute Gasteiger partial charge is 0.264 e. The Labute approximate surface area is 97.6 Å². The van der Waals surface area contributed by atoms with Gasteiger partial charge in [-0.1, -0.05) is 45.0 Å². The fourth-order valence-corrected chi connectivity index (χ4v) is 1.63. The third-order valence-electron chi connectivity index (χ3n) is 2.26. The molecule has 0 atom stereocenters. The zero-order valence-corrected chi connectivity index (χ0v) is 11.0. The van der Waals surface area contributed by atoms with Crippen LogP contribution < -0.4 is 0 Å². The molecule has 0 saturated carbocycles. The summed E-state index contributed by atoms with van der Waals surface area (Å²) in [6.07, 6.45) is 1.05. The van der Waals surface area contributed by atoms with Gasteiger partial charge < -0.3 is 0 Å². The quantitative estimate of drug-likeness (QED) is 0.765. The van der Waals surface area contributed by atoms with Crippen molar-refractivity contribution in [3.8, 4) is 0 Å². The highest BCUT2D eigenvalue weighted by Gasteiger charge is 2.13. The summed E-state index contributed by atoms with van der Waals surface area (Å²) in [6.45, 7) is 6.50. The molecule has 0 aromatic heterocycles. The molecular weight excluding hydrogens is 224 g/mol. The summed E-state index contributed by atoms with van der Waals surface area (Å²) in [5.41, 5.74) is 2.19. The van der Waals surface area contributed by atoms with Gasteiger partial charge in [-0.2, -0.15) is 8.42 Å². The van der Waals surface area contributed by atoms with Gasteiger partial charge in [0.05, 0.1) is 12.9 Å². The second-order valence-electron chi connectivity index (χ2n) is 4.91. The van der Waals surface area contributed by atoms with E-state index in [1.807, 2.05) is 24.3 Å². The first kappa shape index (κ1) is 13.2. The molecule has 0 spiro atoms. The molecule has 4 heteroatoms. The van der Waals surface area contributed by atoms with Gasteiger partial charge in [0, 0.05) is 0 Å². The molecule has 0 aliphatic carbocycles. The molecule has 0 unspecified atom stereocenters. The lowest BCUT2D eigenvalue weighted by atomic mass is 9.87. The molecule has 90 valence electrons. The van der Waals surface area contributed by atoms with Gasteiger partial charge in [-0.15, -0.1) is 0 Å². The van der Waals surface area contributed by atoms with Crippen molar-refractivity contribution >= 4 is 10.1 Å². The largest absolute Gasteiger partial charge is 0.265 e. The molecule has 0 amide bonds. The molecule has 0 aliphatic rings. The third kappa shape index (κ3) is 4.33. The molecule has 1 aromatic carbocycles. The van der Waals surface area contributed by atoms with Gasteiger partial charge in [0.1, 0.15) is 0 Å². The van der Waals surface area contributed by atoms with Crippen molar-refractivity contribution in [2.45, 2.75) is 32.8 Å². The fourth-order valence-electron chi connectivity index (χ4n) is 1.28. The maximum atomic E-state index is 10.8. The second kappa shape index (κ2) is 4.55. The van der Waals surface area contributed by atoms with Gasteiger partial charge in [-0.3, -0.25) is 4.18 Å². The number of hydrogen-bond donors (Lipinski definition) is 0. The van der Waals surface area contributed by atoms with Crippen LogP contribution in [0, 0.1) is 0 Å². The van der Waals surface area contributed by atoms with Crippen molar-refractivity contribution in [2.75, 3.05) is 6.26 Å². The van der Waals surface area contributed by atoms with E-state index in [4.69, 9.17) is 4.18 Å². The summed E-state index contributed by atoms with van der Waals surface area (Å²) in [5.74, 6) is 0. The first-order valence-corrected chi connectivity index (χ1v) is 6.94. The van der Waals surface area contributed by atoms with Crippen LogP contribution in [0.1, 0.15) is 31.9 Å². The van der Waals surface area contributed by atoms with E-state index in [0.29, 0.717) is 0 Å². The third-order valence-corrected chi connectivity index (χ3v) is 2.81. The number of rotatable bonds is 3. The number of hydrogen-bond acceptors (Lipinski definition) is 3. The summed E-state index contributed by atoms with van der Waals surface area (Å²) in [4.78, 5) is 0. The highest BCUT2D eigenvalue weighted by atomic mass is 32.2. The maximum absolute atomic E-state index is 10.8. The summed E-state index contributed by atoms with van der Waals surface area (Å²) >= 11 is 0. The zero-order valence-electron chi connectivity index (χ0n) is 10.1. The van der Waals surface area contributed by atoms with Crippen molar-refractivity contribution in [3.05, 3.63) is 35.4 Å². The van der Waals surface area contributed by atoms with Gasteiger partial charge in [0.25, 0.3) is 10.1 Å². The Hall–Kier alpha value is -0.870. The standard InChI is InChI=1S/C12H18O3S/c1-12(2,3)11-7-5-10(6-8-11)9-15-16(4,13)14/h5-8H,9H2,1-4H3. The first-order chi connectivity index (χ1) is 7.18. The van der Waals surface area contributed by atoms with Crippen LogP contribution in [0.5, 0.6) is 0 Å². The Morgan fingerprint density at radius 2 is 1.62 bits per heavy atom. The monoisotopic (exact) mass is 242 g/mol. The Balaban J connectivity index is 2.73. The maximum Gasteiger partial charge on any atom is 0.264 e. The predicted molar refractivity (Wildman–Crippen MR) is 64.8 cm³/mol. The first-order valence-electron chi connectivity index (χ1n) is 5.12. The topological polar surface area (TPSA) is 43.4 Å². The molecule has 0 heterocycles. The van der Waals surface area contributed by atoms with Crippen LogP contribution in [-0.2, 0) is 26.3 Å². The summed E-state index contributed by atoms with van der Waals surface area (Å²) in [7, 11) is -3.36. The molecular formula is C12H18O3S. The van der Waals surface area contributed by atoms with Crippen molar-refractivity contribution < 1.29 is 12.6 Å². The van der Waals surface area contributed by atoms with Crippen molar-refractivity contribution in [2.24, 2.45) is 0 Å². The molecule has 0 fully saturated rings. The Kier molecular flexibility index (Phi) is 3.76. The molecule has 0 bridgehead atoms. The average molecular weight is 242 g/mol. The van der Waals surface area contributed by atoms with Crippen LogP contribution in [0.15, 0.2) is 24.3 Å². The van der Waals surface area contributed by atoms with E-state index in [0.717, 1.165) is 11.8 Å². The Morgan fingerprint density at radius 1 is 1.12 bits per heavy atom. The van der Waals surface area contributed by atoms with E-state index in [9.17, 15) is 8.42 Å². The predicted octanol–water partition coefficient (Wildman–Crippen LogP) is 2.46. The van der Waals surface area contributed by atoms with Gasteiger partial charge in [0.15, 0.2) is 0 Å². The highest BCUT2D eigenvalue weighted by Crippen LogP contribution is 2.22. The van der Waals surface area contributed by atoms with Crippen LogP contribution in [0.3, 0.4) is 0 Å².